The van der Waals surface area contributed by atoms with E-state index in [2.05, 4.69) is 0 Å². The molecule has 14 heavy (non-hydrogen) atoms. The van der Waals surface area contributed by atoms with Crippen molar-refractivity contribution in [3.8, 4) is 0 Å². The van der Waals surface area contributed by atoms with Crippen LogP contribution < -0.4 is 0 Å². The molecule has 0 aromatic heterocycles. The summed E-state index contributed by atoms with van der Waals surface area (Å²) in [4.78, 5) is 22.6. The number of fused-ring (bicyclic) bond motifs is 1. The van der Waals surface area contributed by atoms with Gasteiger partial charge in [-0.3, -0.25) is 9.59 Å². The van der Waals surface area contributed by atoms with Crippen molar-refractivity contribution in [1.82, 2.24) is 0 Å². The van der Waals surface area contributed by atoms with Crippen LogP contribution in [0.25, 0.3) is 0 Å². The highest BCUT2D eigenvalue weighted by atomic mass is 16.5. The molecule has 0 N–H and O–H groups in total. The minimum Gasteiger partial charge on any atom is -0.365 e. The van der Waals surface area contributed by atoms with Crippen LogP contribution in [0.15, 0.2) is 23.8 Å². The van der Waals surface area contributed by atoms with E-state index in [1.54, 1.807) is 0 Å². The summed E-state index contributed by atoms with van der Waals surface area (Å²) in [5.41, 5.74) is 1.10. The van der Waals surface area contributed by atoms with Crippen molar-refractivity contribution in [1.29, 1.82) is 0 Å². The Morgan fingerprint density at radius 2 is 2.29 bits per heavy atom. The summed E-state index contributed by atoms with van der Waals surface area (Å²) in [6.07, 6.45) is 6.33. The first kappa shape index (κ1) is 9.34. The second-order valence-electron chi connectivity index (χ2n) is 3.54. The number of hydrogen-bond donors (Lipinski definition) is 0. The van der Waals surface area contributed by atoms with E-state index in [0.29, 0.717) is 0 Å². The zero-order valence-electron chi connectivity index (χ0n) is 8.03. The van der Waals surface area contributed by atoms with Gasteiger partial charge in [0.15, 0.2) is 0 Å². The zero-order valence-corrected chi connectivity index (χ0v) is 8.03. The summed E-state index contributed by atoms with van der Waals surface area (Å²) in [6.45, 7) is 1.95. The third-order valence-electron chi connectivity index (χ3n) is 2.64. The number of hydrogen-bond acceptors (Lipinski definition) is 3. The standard InChI is InChI=1S/C11H12O3/c1-2-7-3-4-10-8(5-7)11(13)9(12)6-14-10/h3-5,8,10H,2,6H2,1H3. The van der Waals surface area contributed by atoms with Crippen LogP contribution in [0.4, 0.5) is 0 Å². The van der Waals surface area contributed by atoms with E-state index in [1.165, 1.54) is 0 Å². The van der Waals surface area contributed by atoms with Gasteiger partial charge in [-0.15, -0.1) is 0 Å². The molecular formula is C11H12O3. The molecule has 2 aliphatic rings. The fourth-order valence-corrected chi connectivity index (χ4v) is 1.77. The number of allylic oxidation sites excluding steroid dienone is 2. The third-order valence-corrected chi connectivity index (χ3v) is 2.64. The Hall–Kier alpha value is -1.22. The molecule has 0 saturated carbocycles. The average molecular weight is 192 g/mol. The molecule has 1 aliphatic heterocycles. The van der Waals surface area contributed by atoms with Gasteiger partial charge in [-0.25, -0.2) is 0 Å². The van der Waals surface area contributed by atoms with Crippen molar-refractivity contribution in [2.45, 2.75) is 19.4 Å². The van der Waals surface area contributed by atoms with E-state index in [-0.39, 0.29) is 24.4 Å². The summed E-state index contributed by atoms with van der Waals surface area (Å²) in [5.74, 6) is -1.10. The molecule has 2 unspecified atom stereocenters. The highest BCUT2D eigenvalue weighted by molar-refractivity contribution is 6.39. The first-order valence-corrected chi connectivity index (χ1v) is 4.80. The minimum atomic E-state index is -0.409. The van der Waals surface area contributed by atoms with Crippen LogP contribution >= 0.6 is 0 Å². The molecule has 0 amide bonds. The van der Waals surface area contributed by atoms with Crippen molar-refractivity contribution in [2.24, 2.45) is 5.92 Å². The zero-order chi connectivity index (χ0) is 10.1. The van der Waals surface area contributed by atoms with Crippen LogP contribution in [-0.4, -0.2) is 24.3 Å². The Morgan fingerprint density at radius 3 is 3.00 bits per heavy atom. The van der Waals surface area contributed by atoms with E-state index >= 15 is 0 Å². The van der Waals surface area contributed by atoms with Crippen molar-refractivity contribution in [2.75, 3.05) is 6.61 Å². The number of ether oxygens (including phenoxy) is 1. The van der Waals surface area contributed by atoms with E-state index < -0.39 is 5.78 Å². The Kier molecular flexibility index (Phi) is 2.33. The van der Waals surface area contributed by atoms with Crippen LogP contribution in [0.5, 0.6) is 0 Å². The van der Waals surface area contributed by atoms with Crippen LogP contribution in [-0.2, 0) is 14.3 Å². The summed E-state index contributed by atoms with van der Waals surface area (Å²) < 4.78 is 5.26. The smallest absolute Gasteiger partial charge is 0.224 e. The number of ketones is 2. The second kappa shape index (κ2) is 3.50. The van der Waals surface area contributed by atoms with Gasteiger partial charge in [0.1, 0.15) is 6.61 Å². The number of carbonyl (C=O) groups excluding carboxylic acids is 2. The van der Waals surface area contributed by atoms with Crippen molar-refractivity contribution in [3.05, 3.63) is 23.8 Å². The lowest BCUT2D eigenvalue weighted by molar-refractivity contribution is -0.149. The largest absolute Gasteiger partial charge is 0.365 e. The molecule has 2 rings (SSSR count). The first-order chi connectivity index (χ1) is 6.72. The molecule has 2 atom stereocenters. The van der Waals surface area contributed by atoms with Gasteiger partial charge in [-0.1, -0.05) is 30.7 Å². The fraction of sp³-hybridized carbons (Fsp3) is 0.455. The minimum absolute atomic E-state index is 0.0698. The maximum Gasteiger partial charge on any atom is 0.224 e. The van der Waals surface area contributed by atoms with Crippen LogP contribution in [0, 0.1) is 5.92 Å². The summed E-state index contributed by atoms with van der Waals surface area (Å²) >= 11 is 0. The van der Waals surface area contributed by atoms with Crippen LogP contribution in [0.2, 0.25) is 0 Å². The Labute approximate surface area is 82.4 Å². The average Bonchev–Trinajstić information content (AvgIpc) is 2.23. The SMILES string of the molecule is CCC1=CC2C(=O)C(=O)COC2C=C1. The lowest BCUT2D eigenvalue weighted by Gasteiger charge is -2.28. The fourth-order valence-electron chi connectivity index (χ4n) is 1.77. The van der Waals surface area contributed by atoms with E-state index in [9.17, 15) is 9.59 Å². The molecular weight excluding hydrogens is 180 g/mol. The Bertz CT molecular complexity index is 338. The van der Waals surface area contributed by atoms with Gasteiger partial charge in [0.05, 0.1) is 12.0 Å². The molecule has 1 fully saturated rings. The van der Waals surface area contributed by atoms with Gasteiger partial charge < -0.3 is 4.74 Å². The lowest BCUT2D eigenvalue weighted by atomic mass is 9.86. The van der Waals surface area contributed by atoms with E-state index in [0.717, 1.165) is 12.0 Å². The first-order valence-electron chi connectivity index (χ1n) is 4.80. The molecule has 1 aliphatic carbocycles. The molecule has 0 radical (unpaired) electrons. The lowest BCUT2D eigenvalue weighted by Crippen LogP contribution is -2.42. The Balaban J connectivity index is 2.26. The van der Waals surface area contributed by atoms with Gasteiger partial charge in [-0.2, -0.15) is 0 Å². The highest BCUT2D eigenvalue weighted by Crippen LogP contribution is 2.25. The van der Waals surface area contributed by atoms with Gasteiger partial charge in [0, 0.05) is 0 Å². The summed E-state index contributed by atoms with van der Waals surface area (Å²) in [6, 6.07) is 0. The maximum atomic E-state index is 11.5. The molecule has 3 nitrogen and oxygen atoms in total. The molecule has 0 aromatic rings. The number of rotatable bonds is 1. The summed E-state index contributed by atoms with van der Waals surface area (Å²) in [7, 11) is 0. The van der Waals surface area contributed by atoms with Gasteiger partial charge in [0.2, 0.25) is 11.6 Å². The normalized spacial score (nSPS) is 31.4. The molecule has 1 saturated heterocycles. The van der Waals surface area contributed by atoms with Crippen molar-refractivity contribution < 1.29 is 14.3 Å². The molecule has 0 bridgehead atoms. The van der Waals surface area contributed by atoms with Gasteiger partial charge in [-0.05, 0) is 6.42 Å². The predicted octanol–water partition coefficient (Wildman–Crippen LogP) is 1.05. The number of Topliss-reactive ketones (excluding diaryl/α,β-unsaturated/α-hetero) is 2. The topological polar surface area (TPSA) is 43.4 Å². The molecule has 0 aromatic carbocycles. The van der Waals surface area contributed by atoms with E-state index in [1.807, 2.05) is 25.2 Å². The molecule has 3 heteroatoms. The van der Waals surface area contributed by atoms with E-state index in [4.69, 9.17) is 4.74 Å². The quantitative estimate of drug-likeness (QED) is 0.583. The molecule has 0 spiro atoms. The Morgan fingerprint density at radius 1 is 1.50 bits per heavy atom. The molecule has 1 heterocycles. The summed E-state index contributed by atoms with van der Waals surface area (Å²) in [5, 5.41) is 0. The highest BCUT2D eigenvalue weighted by Gasteiger charge is 2.36. The van der Waals surface area contributed by atoms with Crippen molar-refractivity contribution >= 4 is 11.6 Å². The third kappa shape index (κ3) is 1.44. The molecule has 74 valence electrons. The van der Waals surface area contributed by atoms with Gasteiger partial charge >= 0.3 is 0 Å². The monoisotopic (exact) mass is 192 g/mol. The second-order valence-corrected chi connectivity index (χ2v) is 3.54. The maximum absolute atomic E-state index is 11.5. The van der Waals surface area contributed by atoms with Crippen molar-refractivity contribution in [3.63, 3.8) is 0 Å². The van der Waals surface area contributed by atoms with Gasteiger partial charge in [0.25, 0.3) is 0 Å². The van der Waals surface area contributed by atoms with Crippen LogP contribution in [0.3, 0.4) is 0 Å². The predicted molar refractivity (Wildman–Crippen MR) is 50.8 cm³/mol. The van der Waals surface area contributed by atoms with Crippen LogP contribution in [0.1, 0.15) is 13.3 Å². The number of carbonyl (C=O) groups is 2.